The molecule has 6 heteroatoms. The van der Waals surface area contributed by atoms with Gasteiger partial charge in [-0.05, 0) is 50.9 Å². The number of methoxy groups -OCH3 is 1. The molecule has 1 fully saturated rings. The fourth-order valence-corrected chi connectivity index (χ4v) is 3.06. The maximum absolute atomic E-state index is 12.5. The summed E-state index contributed by atoms with van der Waals surface area (Å²) in [6.45, 7) is 5.15. The summed E-state index contributed by atoms with van der Waals surface area (Å²) in [6, 6.07) is 4.72. The number of alkyl halides is 3. The smallest absolute Gasteiger partial charge is 0.493 e. The summed E-state index contributed by atoms with van der Waals surface area (Å²) in [5.41, 5.74) is 0.806. The molecule has 0 radical (unpaired) electrons. The Morgan fingerprint density at radius 3 is 2.45 bits per heavy atom. The number of likely N-dealkylation sites (tertiary alicyclic amines) is 1. The molecule has 2 rings (SSSR count). The van der Waals surface area contributed by atoms with Crippen molar-refractivity contribution in [1.29, 1.82) is 0 Å². The normalized spacial score (nSPS) is 17.5. The van der Waals surface area contributed by atoms with E-state index in [1.165, 1.54) is 13.2 Å². The van der Waals surface area contributed by atoms with Gasteiger partial charge in [0.25, 0.3) is 0 Å². The second-order valence-electron chi connectivity index (χ2n) is 5.54. The van der Waals surface area contributed by atoms with Crippen molar-refractivity contribution < 1.29 is 22.6 Å². The second kappa shape index (κ2) is 7.22. The Bertz CT molecular complexity index is 483. The first-order valence-electron chi connectivity index (χ1n) is 7.59. The van der Waals surface area contributed by atoms with Crippen molar-refractivity contribution in [2.24, 2.45) is 0 Å². The number of piperidine rings is 1. The average molecular weight is 317 g/mol. The zero-order valence-corrected chi connectivity index (χ0v) is 12.9. The standard InChI is InChI=1S/C16H22F3NO2/c1-3-9-20-10-7-12(8-11-20)13-5-4-6-14(15(13)21-2)22-16(17,18)19/h4-6,12H,3,7-11H2,1-2H3. The highest BCUT2D eigenvalue weighted by molar-refractivity contribution is 5.48. The van der Waals surface area contributed by atoms with Gasteiger partial charge in [0.2, 0.25) is 0 Å². The van der Waals surface area contributed by atoms with Crippen molar-refractivity contribution in [3.63, 3.8) is 0 Å². The highest BCUT2D eigenvalue weighted by Gasteiger charge is 2.33. The zero-order valence-electron chi connectivity index (χ0n) is 12.9. The highest BCUT2D eigenvalue weighted by Crippen LogP contribution is 2.41. The third-order valence-corrected chi connectivity index (χ3v) is 4.01. The van der Waals surface area contributed by atoms with E-state index in [-0.39, 0.29) is 17.4 Å². The van der Waals surface area contributed by atoms with E-state index in [1.54, 1.807) is 6.07 Å². The average Bonchev–Trinajstić information content (AvgIpc) is 2.46. The second-order valence-corrected chi connectivity index (χ2v) is 5.54. The Hall–Kier alpha value is -1.43. The summed E-state index contributed by atoms with van der Waals surface area (Å²) in [5, 5.41) is 0. The minimum Gasteiger partial charge on any atom is -0.493 e. The van der Waals surface area contributed by atoms with Gasteiger partial charge in [-0.1, -0.05) is 19.1 Å². The van der Waals surface area contributed by atoms with Crippen molar-refractivity contribution >= 4 is 0 Å². The molecule has 0 amide bonds. The van der Waals surface area contributed by atoms with E-state index in [9.17, 15) is 13.2 Å². The van der Waals surface area contributed by atoms with Gasteiger partial charge in [-0.2, -0.15) is 0 Å². The van der Waals surface area contributed by atoms with E-state index in [4.69, 9.17) is 4.74 Å². The molecule has 0 atom stereocenters. The Morgan fingerprint density at radius 2 is 1.91 bits per heavy atom. The van der Waals surface area contributed by atoms with Crippen LogP contribution >= 0.6 is 0 Å². The van der Waals surface area contributed by atoms with E-state index in [1.807, 2.05) is 6.07 Å². The first-order chi connectivity index (χ1) is 10.4. The maximum atomic E-state index is 12.5. The highest BCUT2D eigenvalue weighted by atomic mass is 19.4. The molecule has 1 aliphatic rings. The molecule has 0 N–H and O–H groups in total. The number of benzene rings is 1. The summed E-state index contributed by atoms with van der Waals surface area (Å²) in [6.07, 6.45) is -1.75. The SMILES string of the molecule is CCCN1CCC(c2cccc(OC(F)(F)F)c2OC)CC1. The van der Waals surface area contributed by atoms with Gasteiger partial charge in [0, 0.05) is 5.56 Å². The van der Waals surface area contributed by atoms with Crippen molar-refractivity contribution in [3.05, 3.63) is 23.8 Å². The number of hydrogen-bond donors (Lipinski definition) is 0. The molecule has 1 aromatic carbocycles. The quantitative estimate of drug-likeness (QED) is 0.813. The molecule has 3 nitrogen and oxygen atoms in total. The Balaban J connectivity index is 2.16. The molecular weight excluding hydrogens is 295 g/mol. The van der Waals surface area contributed by atoms with Crippen molar-refractivity contribution in [2.45, 2.75) is 38.5 Å². The Morgan fingerprint density at radius 1 is 1.23 bits per heavy atom. The van der Waals surface area contributed by atoms with Crippen molar-refractivity contribution in [2.75, 3.05) is 26.7 Å². The van der Waals surface area contributed by atoms with Gasteiger partial charge in [-0.3, -0.25) is 0 Å². The Kier molecular flexibility index (Phi) is 5.56. The van der Waals surface area contributed by atoms with Crippen LogP contribution in [0.5, 0.6) is 11.5 Å². The first-order valence-corrected chi connectivity index (χ1v) is 7.59. The lowest BCUT2D eigenvalue weighted by molar-refractivity contribution is -0.275. The number of nitrogens with zero attached hydrogens (tertiary/aromatic N) is 1. The van der Waals surface area contributed by atoms with Crippen LogP contribution in [0, 0.1) is 0 Å². The van der Waals surface area contributed by atoms with Crippen LogP contribution in [-0.2, 0) is 0 Å². The summed E-state index contributed by atoms with van der Waals surface area (Å²) >= 11 is 0. The van der Waals surface area contributed by atoms with E-state index < -0.39 is 6.36 Å². The maximum Gasteiger partial charge on any atom is 0.573 e. The van der Waals surface area contributed by atoms with Crippen LogP contribution in [0.4, 0.5) is 13.2 Å². The number of halogens is 3. The summed E-state index contributed by atoms with van der Waals surface area (Å²) < 4.78 is 46.7. The number of hydrogen-bond acceptors (Lipinski definition) is 3. The van der Waals surface area contributed by atoms with Crippen molar-refractivity contribution in [1.82, 2.24) is 4.90 Å². The van der Waals surface area contributed by atoms with E-state index in [0.717, 1.165) is 44.5 Å². The molecule has 1 saturated heterocycles. The van der Waals surface area contributed by atoms with E-state index in [0.29, 0.717) is 0 Å². The van der Waals surface area contributed by atoms with Crippen LogP contribution in [0.2, 0.25) is 0 Å². The van der Waals surface area contributed by atoms with Gasteiger partial charge in [0.1, 0.15) is 0 Å². The monoisotopic (exact) mass is 317 g/mol. The molecule has 0 unspecified atom stereocenters. The predicted octanol–water partition coefficient (Wildman–Crippen LogP) is 4.18. The molecule has 0 aliphatic carbocycles. The van der Waals surface area contributed by atoms with Crippen LogP contribution in [0.1, 0.15) is 37.7 Å². The van der Waals surface area contributed by atoms with Crippen LogP contribution in [0.3, 0.4) is 0 Å². The van der Waals surface area contributed by atoms with Gasteiger partial charge >= 0.3 is 6.36 Å². The van der Waals surface area contributed by atoms with E-state index in [2.05, 4.69) is 16.6 Å². The summed E-state index contributed by atoms with van der Waals surface area (Å²) in [4.78, 5) is 2.39. The lowest BCUT2D eigenvalue weighted by atomic mass is 9.88. The van der Waals surface area contributed by atoms with Crippen molar-refractivity contribution in [3.8, 4) is 11.5 Å². The first kappa shape index (κ1) is 16.9. The van der Waals surface area contributed by atoms with Gasteiger partial charge in [0.15, 0.2) is 11.5 Å². The van der Waals surface area contributed by atoms with Gasteiger partial charge in [0.05, 0.1) is 7.11 Å². The van der Waals surface area contributed by atoms with Gasteiger partial charge in [-0.25, -0.2) is 0 Å². The molecular formula is C16H22F3NO2. The lowest BCUT2D eigenvalue weighted by Crippen LogP contribution is -2.33. The molecule has 0 aromatic heterocycles. The molecule has 1 heterocycles. The molecule has 0 saturated carbocycles. The third kappa shape index (κ3) is 4.29. The molecule has 1 aliphatic heterocycles. The predicted molar refractivity (Wildman–Crippen MR) is 78.4 cm³/mol. The fraction of sp³-hybridized carbons (Fsp3) is 0.625. The van der Waals surface area contributed by atoms with Crippen LogP contribution in [0.25, 0.3) is 0 Å². The van der Waals surface area contributed by atoms with Gasteiger partial charge < -0.3 is 14.4 Å². The summed E-state index contributed by atoms with van der Waals surface area (Å²) in [7, 11) is 1.38. The van der Waals surface area contributed by atoms with Crippen LogP contribution in [-0.4, -0.2) is 38.0 Å². The molecule has 1 aromatic rings. The number of para-hydroxylation sites is 1. The topological polar surface area (TPSA) is 21.7 Å². The molecule has 0 bridgehead atoms. The van der Waals surface area contributed by atoms with E-state index >= 15 is 0 Å². The largest absolute Gasteiger partial charge is 0.573 e. The zero-order chi connectivity index (χ0) is 16.2. The van der Waals surface area contributed by atoms with Crippen LogP contribution < -0.4 is 9.47 Å². The number of ether oxygens (including phenoxy) is 2. The third-order valence-electron chi connectivity index (χ3n) is 4.01. The number of rotatable bonds is 5. The molecule has 0 spiro atoms. The fourth-order valence-electron chi connectivity index (χ4n) is 3.06. The minimum absolute atomic E-state index is 0.203. The molecule has 124 valence electrons. The molecule has 22 heavy (non-hydrogen) atoms. The lowest BCUT2D eigenvalue weighted by Gasteiger charge is -2.32. The minimum atomic E-state index is -4.71. The Labute approximate surface area is 129 Å². The summed E-state index contributed by atoms with van der Waals surface area (Å²) in [5.74, 6) is 0.150. The van der Waals surface area contributed by atoms with Gasteiger partial charge in [-0.15, -0.1) is 13.2 Å². The van der Waals surface area contributed by atoms with Crippen LogP contribution in [0.15, 0.2) is 18.2 Å².